The maximum absolute atomic E-state index is 12.0. The van der Waals surface area contributed by atoms with Gasteiger partial charge in [0.15, 0.2) is 17.4 Å². The van der Waals surface area contributed by atoms with Crippen molar-refractivity contribution in [3.05, 3.63) is 58.3 Å². The quantitative estimate of drug-likeness (QED) is 0.621. The second-order valence-electron chi connectivity index (χ2n) is 6.36. The van der Waals surface area contributed by atoms with E-state index in [1.165, 1.54) is 11.3 Å². The van der Waals surface area contributed by atoms with Crippen molar-refractivity contribution in [1.29, 1.82) is 0 Å². The predicted molar refractivity (Wildman–Crippen MR) is 106 cm³/mol. The van der Waals surface area contributed by atoms with E-state index in [1.54, 1.807) is 11.4 Å². The maximum Gasteiger partial charge on any atom is 0.276 e. The van der Waals surface area contributed by atoms with Crippen molar-refractivity contribution in [2.24, 2.45) is 0 Å². The molecule has 0 radical (unpaired) electrons. The Balaban J connectivity index is 1.43. The first-order chi connectivity index (χ1) is 13.4. The molecule has 0 bridgehead atoms. The van der Waals surface area contributed by atoms with Crippen molar-refractivity contribution in [2.45, 2.75) is 27.2 Å². The smallest absolute Gasteiger partial charge is 0.276 e. The van der Waals surface area contributed by atoms with Crippen LogP contribution in [0.5, 0.6) is 5.75 Å². The average Bonchev–Trinajstić information content (AvgIpc) is 3.30. The number of rotatable bonds is 6. The third-order valence-electron chi connectivity index (χ3n) is 4.03. The zero-order valence-electron chi connectivity index (χ0n) is 15.9. The summed E-state index contributed by atoms with van der Waals surface area (Å²) in [5.74, 6) is 1.26. The molecular formula is C20H21N3O4S. The van der Waals surface area contributed by atoms with E-state index in [1.807, 2.05) is 45.0 Å². The second kappa shape index (κ2) is 8.71. The van der Waals surface area contributed by atoms with Gasteiger partial charge in [0.25, 0.3) is 5.91 Å². The molecule has 3 aromatic rings. The lowest BCUT2D eigenvalue weighted by atomic mass is 10.1. The molecule has 0 spiro atoms. The van der Waals surface area contributed by atoms with E-state index in [0.29, 0.717) is 22.2 Å². The number of furan rings is 1. The van der Waals surface area contributed by atoms with E-state index >= 15 is 0 Å². The average molecular weight is 399 g/mol. The fraction of sp³-hybridized carbons (Fsp3) is 0.250. The first kappa shape index (κ1) is 19.6. The number of hydrazine groups is 1. The van der Waals surface area contributed by atoms with Crippen LogP contribution in [0.15, 0.2) is 40.1 Å². The number of ether oxygens (including phenoxy) is 1. The number of carbonyl (C=O) groups is 2. The number of aromatic nitrogens is 1. The molecule has 0 fully saturated rings. The highest BCUT2D eigenvalue weighted by molar-refractivity contribution is 7.13. The van der Waals surface area contributed by atoms with Crippen molar-refractivity contribution in [3.63, 3.8) is 0 Å². The lowest BCUT2D eigenvalue weighted by molar-refractivity contribution is -0.129. The first-order valence-electron chi connectivity index (χ1n) is 8.69. The number of nitrogens with zero attached hydrogens (tertiary/aromatic N) is 1. The Morgan fingerprint density at radius 3 is 2.57 bits per heavy atom. The fourth-order valence-corrected chi connectivity index (χ4v) is 3.17. The topological polar surface area (TPSA) is 93.5 Å². The van der Waals surface area contributed by atoms with E-state index in [4.69, 9.17) is 9.15 Å². The van der Waals surface area contributed by atoms with Crippen LogP contribution in [-0.4, -0.2) is 23.4 Å². The largest absolute Gasteiger partial charge is 0.484 e. The van der Waals surface area contributed by atoms with Crippen LogP contribution in [0.1, 0.15) is 22.6 Å². The summed E-state index contributed by atoms with van der Waals surface area (Å²) in [6.45, 7) is 5.64. The Morgan fingerprint density at radius 2 is 1.86 bits per heavy atom. The number of benzene rings is 1. The Morgan fingerprint density at radius 1 is 1.07 bits per heavy atom. The van der Waals surface area contributed by atoms with Crippen molar-refractivity contribution in [3.8, 4) is 16.5 Å². The number of aryl methyl sites for hydroxylation is 3. The van der Waals surface area contributed by atoms with Gasteiger partial charge in [0.05, 0.1) is 12.1 Å². The highest BCUT2D eigenvalue weighted by Crippen LogP contribution is 2.25. The number of hydrogen-bond acceptors (Lipinski definition) is 6. The molecule has 0 unspecified atom stereocenters. The molecule has 0 aliphatic heterocycles. The van der Waals surface area contributed by atoms with Crippen LogP contribution >= 0.6 is 11.3 Å². The Hall–Kier alpha value is -3.13. The van der Waals surface area contributed by atoms with Gasteiger partial charge in [-0.1, -0.05) is 6.07 Å². The van der Waals surface area contributed by atoms with Crippen LogP contribution < -0.4 is 15.6 Å². The van der Waals surface area contributed by atoms with Gasteiger partial charge in [0.1, 0.15) is 11.5 Å². The Labute approximate surface area is 166 Å². The summed E-state index contributed by atoms with van der Waals surface area (Å²) in [4.78, 5) is 28.2. The minimum absolute atomic E-state index is 0.0501. The molecule has 8 heteroatoms. The molecule has 3 rings (SSSR count). The van der Waals surface area contributed by atoms with Crippen molar-refractivity contribution >= 4 is 23.2 Å². The van der Waals surface area contributed by atoms with E-state index in [0.717, 1.165) is 16.9 Å². The van der Waals surface area contributed by atoms with Gasteiger partial charge >= 0.3 is 0 Å². The molecule has 2 N–H and O–H groups in total. The van der Waals surface area contributed by atoms with E-state index < -0.39 is 5.91 Å². The minimum Gasteiger partial charge on any atom is -0.484 e. The molecule has 0 saturated heterocycles. The van der Waals surface area contributed by atoms with Gasteiger partial charge in [-0.15, -0.1) is 11.3 Å². The number of amides is 2. The summed E-state index contributed by atoms with van der Waals surface area (Å²) in [5, 5.41) is 2.50. The molecule has 1 aromatic carbocycles. The minimum atomic E-state index is -0.448. The highest BCUT2D eigenvalue weighted by Gasteiger charge is 2.12. The third-order valence-corrected chi connectivity index (χ3v) is 4.94. The molecule has 2 aromatic heterocycles. The molecule has 2 amide bonds. The molecule has 0 aliphatic rings. The molecule has 146 valence electrons. The number of thiazole rings is 1. The molecule has 0 saturated carbocycles. The van der Waals surface area contributed by atoms with Crippen molar-refractivity contribution in [1.82, 2.24) is 15.8 Å². The van der Waals surface area contributed by atoms with E-state index in [9.17, 15) is 9.59 Å². The van der Waals surface area contributed by atoms with Gasteiger partial charge in [-0.2, -0.15) is 0 Å². The van der Waals surface area contributed by atoms with Gasteiger partial charge in [-0.05, 0) is 56.2 Å². The molecule has 2 heterocycles. The van der Waals surface area contributed by atoms with Gasteiger partial charge in [-0.3, -0.25) is 20.4 Å². The SMILES string of the molecule is Cc1ccc(-c2nc(CC(=O)NNC(=O)COc3ccc(C)c(C)c3)cs2)o1. The summed E-state index contributed by atoms with van der Waals surface area (Å²) in [6, 6.07) is 9.29. The van der Waals surface area contributed by atoms with Crippen LogP contribution in [0.3, 0.4) is 0 Å². The van der Waals surface area contributed by atoms with Crippen molar-refractivity contribution in [2.75, 3.05) is 6.61 Å². The summed E-state index contributed by atoms with van der Waals surface area (Å²) >= 11 is 1.40. The zero-order valence-corrected chi connectivity index (χ0v) is 16.7. The monoisotopic (exact) mass is 399 g/mol. The van der Waals surface area contributed by atoms with E-state index in [-0.39, 0.29) is 18.9 Å². The highest BCUT2D eigenvalue weighted by atomic mass is 32.1. The van der Waals surface area contributed by atoms with Crippen LogP contribution in [0.4, 0.5) is 0 Å². The number of hydrogen-bond donors (Lipinski definition) is 2. The molecular weight excluding hydrogens is 378 g/mol. The predicted octanol–water partition coefficient (Wildman–Crippen LogP) is 3.10. The summed E-state index contributed by atoms with van der Waals surface area (Å²) in [7, 11) is 0. The van der Waals surface area contributed by atoms with E-state index in [2.05, 4.69) is 15.8 Å². The fourth-order valence-electron chi connectivity index (χ4n) is 2.39. The standard InChI is InChI=1S/C20H21N3O4S/c1-12-4-6-16(8-13(12)2)26-10-19(25)23-22-18(24)9-15-11-28-20(21-15)17-7-5-14(3)27-17/h4-8,11H,9-10H2,1-3H3,(H,22,24)(H,23,25). The summed E-state index contributed by atoms with van der Waals surface area (Å²) < 4.78 is 10.9. The molecule has 28 heavy (non-hydrogen) atoms. The first-order valence-corrected chi connectivity index (χ1v) is 9.57. The van der Waals surface area contributed by atoms with Crippen LogP contribution in [-0.2, 0) is 16.0 Å². The van der Waals surface area contributed by atoms with Gasteiger partial charge in [0, 0.05) is 5.38 Å². The lowest BCUT2D eigenvalue weighted by Gasteiger charge is -2.09. The van der Waals surface area contributed by atoms with Crippen LogP contribution in [0, 0.1) is 20.8 Å². The molecule has 7 nitrogen and oxygen atoms in total. The second-order valence-corrected chi connectivity index (χ2v) is 7.22. The van der Waals surface area contributed by atoms with Gasteiger partial charge < -0.3 is 9.15 Å². The Kier molecular flexibility index (Phi) is 6.10. The number of nitrogens with one attached hydrogen (secondary N) is 2. The van der Waals surface area contributed by atoms with Gasteiger partial charge in [0.2, 0.25) is 5.91 Å². The van der Waals surface area contributed by atoms with Crippen molar-refractivity contribution < 1.29 is 18.7 Å². The van der Waals surface area contributed by atoms with Crippen LogP contribution in [0.2, 0.25) is 0 Å². The zero-order chi connectivity index (χ0) is 20.1. The van der Waals surface area contributed by atoms with Crippen LogP contribution in [0.25, 0.3) is 10.8 Å². The maximum atomic E-state index is 12.0. The number of carbonyl (C=O) groups excluding carboxylic acids is 2. The summed E-state index contributed by atoms with van der Waals surface area (Å²) in [6.07, 6.45) is 0.0501. The molecule has 0 aliphatic carbocycles. The normalized spacial score (nSPS) is 10.5. The lowest BCUT2D eigenvalue weighted by Crippen LogP contribution is -2.44. The third kappa shape index (κ3) is 5.20. The van der Waals surface area contributed by atoms with Gasteiger partial charge in [-0.25, -0.2) is 4.98 Å². The Bertz CT molecular complexity index is 993. The molecule has 0 atom stereocenters. The summed E-state index contributed by atoms with van der Waals surface area (Å²) in [5.41, 5.74) is 7.53.